The van der Waals surface area contributed by atoms with Crippen LogP contribution in [0.15, 0.2) is 6.07 Å². The predicted molar refractivity (Wildman–Crippen MR) is 65.1 cm³/mol. The van der Waals surface area contributed by atoms with Crippen LogP contribution in [0.5, 0.6) is 0 Å². The molecule has 1 aromatic heterocycles. The third-order valence-corrected chi connectivity index (χ3v) is 2.90. The number of hydrogen-bond acceptors (Lipinski definition) is 6. The maximum atomic E-state index is 9.12. The van der Waals surface area contributed by atoms with Gasteiger partial charge in [0.15, 0.2) is 0 Å². The molecule has 0 spiro atoms. The van der Waals surface area contributed by atoms with Crippen molar-refractivity contribution in [1.82, 2.24) is 9.97 Å². The Balaban J connectivity index is 2.24. The summed E-state index contributed by atoms with van der Waals surface area (Å²) in [5, 5.41) is 9.43. The number of aliphatic hydroxyl groups is 1. The summed E-state index contributed by atoms with van der Waals surface area (Å²) in [6.45, 7) is 3.09. The Hall–Kier alpha value is -1.11. The average Bonchev–Trinajstić information content (AvgIpc) is 2.28. The zero-order chi connectivity index (χ0) is 12.4. The number of nitrogen functional groups attached to an aromatic ring is 1. The van der Waals surface area contributed by atoms with Crippen LogP contribution in [-0.4, -0.2) is 47.0 Å². The Morgan fingerprint density at radius 2 is 2.41 bits per heavy atom. The SMILES string of the molecule is CC1COC(CO)CN1c1cc(Cl)nc(N)n1. The first-order chi connectivity index (χ1) is 8.10. The molecular weight excluding hydrogens is 244 g/mol. The molecule has 0 amide bonds. The van der Waals surface area contributed by atoms with Crippen molar-refractivity contribution in [3.63, 3.8) is 0 Å². The van der Waals surface area contributed by atoms with E-state index in [4.69, 9.17) is 27.2 Å². The van der Waals surface area contributed by atoms with E-state index in [1.165, 1.54) is 0 Å². The fourth-order valence-electron chi connectivity index (χ4n) is 1.82. The van der Waals surface area contributed by atoms with Crippen LogP contribution in [0.2, 0.25) is 5.15 Å². The first-order valence-electron chi connectivity index (χ1n) is 5.39. The summed E-state index contributed by atoms with van der Waals surface area (Å²) < 4.78 is 5.45. The van der Waals surface area contributed by atoms with Gasteiger partial charge < -0.3 is 20.5 Å². The molecule has 1 fully saturated rings. The number of nitrogens with two attached hydrogens (primary N) is 1. The molecule has 7 heteroatoms. The highest BCUT2D eigenvalue weighted by atomic mass is 35.5. The number of aromatic nitrogens is 2. The van der Waals surface area contributed by atoms with Crippen LogP contribution >= 0.6 is 11.6 Å². The summed E-state index contributed by atoms with van der Waals surface area (Å²) in [7, 11) is 0. The molecule has 6 nitrogen and oxygen atoms in total. The van der Waals surface area contributed by atoms with Gasteiger partial charge in [-0.2, -0.15) is 4.98 Å². The Bertz CT molecular complexity index is 384. The molecule has 0 bridgehead atoms. The smallest absolute Gasteiger partial charge is 0.223 e. The second-order valence-corrected chi connectivity index (χ2v) is 4.43. The second kappa shape index (κ2) is 5.03. The van der Waals surface area contributed by atoms with Crippen molar-refractivity contribution in [2.45, 2.75) is 19.1 Å². The van der Waals surface area contributed by atoms with Crippen LogP contribution in [0.4, 0.5) is 11.8 Å². The highest BCUT2D eigenvalue weighted by Gasteiger charge is 2.27. The minimum absolute atomic E-state index is 0.0164. The van der Waals surface area contributed by atoms with Crippen LogP contribution in [0, 0.1) is 0 Å². The zero-order valence-corrected chi connectivity index (χ0v) is 10.3. The van der Waals surface area contributed by atoms with Crippen molar-refractivity contribution in [1.29, 1.82) is 0 Å². The Morgan fingerprint density at radius 1 is 1.65 bits per heavy atom. The molecule has 0 saturated carbocycles. The van der Waals surface area contributed by atoms with E-state index in [0.29, 0.717) is 24.1 Å². The maximum Gasteiger partial charge on any atom is 0.223 e. The summed E-state index contributed by atoms with van der Waals surface area (Å²) in [6, 6.07) is 1.82. The van der Waals surface area contributed by atoms with Gasteiger partial charge in [-0.3, -0.25) is 0 Å². The molecule has 1 aliphatic rings. The maximum absolute atomic E-state index is 9.12. The van der Waals surface area contributed by atoms with Crippen molar-refractivity contribution in [2.75, 3.05) is 30.4 Å². The molecule has 1 aliphatic heterocycles. The van der Waals surface area contributed by atoms with Crippen molar-refractivity contribution in [3.05, 3.63) is 11.2 Å². The lowest BCUT2D eigenvalue weighted by Crippen LogP contribution is -2.50. The standard InChI is InChI=1S/C10H15ClN4O2/c1-6-5-17-7(4-16)3-15(6)9-2-8(11)13-10(12)14-9/h2,6-7,16H,3-5H2,1H3,(H2,12,13,14). The van der Waals surface area contributed by atoms with Gasteiger partial charge in [0, 0.05) is 12.6 Å². The molecule has 2 unspecified atom stereocenters. The molecule has 1 aromatic rings. The van der Waals surface area contributed by atoms with E-state index in [0.717, 1.165) is 0 Å². The van der Waals surface area contributed by atoms with Gasteiger partial charge >= 0.3 is 0 Å². The van der Waals surface area contributed by atoms with E-state index in [1.807, 2.05) is 11.8 Å². The van der Waals surface area contributed by atoms with Crippen molar-refractivity contribution in [2.24, 2.45) is 0 Å². The van der Waals surface area contributed by atoms with Gasteiger partial charge in [0.05, 0.1) is 25.4 Å². The fraction of sp³-hybridized carbons (Fsp3) is 0.600. The normalized spacial score (nSPS) is 25.0. The Morgan fingerprint density at radius 3 is 3.06 bits per heavy atom. The average molecular weight is 259 g/mol. The molecule has 2 atom stereocenters. The summed E-state index contributed by atoms with van der Waals surface area (Å²) in [4.78, 5) is 9.97. The summed E-state index contributed by atoms with van der Waals surface area (Å²) >= 11 is 5.85. The number of anilines is 2. The quantitative estimate of drug-likeness (QED) is 0.742. The van der Waals surface area contributed by atoms with Gasteiger partial charge in [0.1, 0.15) is 11.0 Å². The lowest BCUT2D eigenvalue weighted by Gasteiger charge is -2.38. The van der Waals surface area contributed by atoms with E-state index in [2.05, 4.69) is 9.97 Å². The van der Waals surface area contributed by atoms with Crippen LogP contribution in [-0.2, 0) is 4.74 Å². The van der Waals surface area contributed by atoms with E-state index in [1.54, 1.807) is 6.07 Å². The number of ether oxygens (including phenoxy) is 1. The molecule has 2 heterocycles. The van der Waals surface area contributed by atoms with E-state index >= 15 is 0 Å². The van der Waals surface area contributed by atoms with Crippen LogP contribution in [0.25, 0.3) is 0 Å². The van der Waals surface area contributed by atoms with Crippen molar-refractivity contribution < 1.29 is 9.84 Å². The number of nitrogens with zero attached hydrogens (tertiary/aromatic N) is 3. The largest absolute Gasteiger partial charge is 0.394 e. The Labute approximate surface area is 104 Å². The number of aliphatic hydroxyl groups excluding tert-OH is 1. The molecular formula is C10H15ClN4O2. The number of halogens is 1. The molecule has 17 heavy (non-hydrogen) atoms. The van der Waals surface area contributed by atoms with Crippen molar-refractivity contribution in [3.8, 4) is 0 Å². The third kappa shape index (κ3) is 2.77. The van der Waals surface area contributed by atoms with Gasteiger partial charge in [-0.1, -0.05) is 11.6 Å². The summed E-state index contributed by atoms with van der Waals surface area (Å²) in [6.07, 6.45) is -0.207. The molecule has 3 N–H and O–H groups in total. The summed E-state index contributed by atoms with van der Waals surface area (Å²) in [5.74, 6) is 0.809. The second-order valence-electron chi connectivity index (χ2n) is 4.05. The van der Waals surface area contributed by atoms with Crippen molar-refractivity contribution >= 4 is 23.4 Å². The van der Waals surface area contributed by atoms with Crippen LogP contribution < -0.4 is 10.6 Å². The molecule has 94 valence electrons. The number of hydrogen-bond donors (Lipinski definition) is 2. The topological polar surface area (TPSA) is 84.5 Å². The van der Waals surface area contributed by atoms with Gasteiger partial charge in [-0.25, -0.2) is 4.98 Å². The molecule has 0 aliphatic carbocycles. The fourth-order valence-corrected chi connectivity index (χ4v) is 2.00. The monoisotopic (exact) mass is 258 g/mol. The van der Waals surface area contributed by atoms with Gasteiger partial charge in [-0.15, -0.1) is 0 Å². The summed E-state index contributed by atoms with van der Waals surface area (Å²) in [5.41, 5.74) is 5.56. The Kier molecular flexibility index (Phi) is 3.66. The third-order valence-electron chi connectivity index (χ3n) is 2.70. The highest BCUT2D eigenvalue weighted by Crippen LogP contribution is 2.22. The minimum Gasteiger partial charge on any atom is -0.394 e. The lowest BCUT2D eigenvalue weighted by molar-refractivity contribution is -0.0105. The van der Waals surface area contributed by atoms with E-state index in [-0.39, 0.29) is 24.7 Å². The van der Waals surface area contributed by atoms with Gasteiger partial charge in [0.25, 0.3) is 0 Å². The molecule has 0 aromatic carbocycles. The predicted octanol–water partition coefficient (Wildman–Crippen LogP) is 0.298. The highest BCUT2D eigenvalue weighted by molar-refractivity contribution is 6.29. The first-order valence-corrected chi connectivity index (χ1v) is 5.77. The van der Waals surface area contributed by atoms with E-state index in [9.17, 15) is 0 Å². The molecule has 2 rings (SSSR count). The van der Waals surface area contributed by atoms with Crippen LogP contribution in [0.1, 0.15) is 6.92 Å². The lowest BCUT2D eigenvalue weighted by atomic mass is 10.2. The van der Waals surface area contributed by atoms with Crippen LogP contribution in [0.3, 0.4) is 0 Å². The number of morpholine rings is 1. The first kappa shape index (κ1) is 12.3. The van der Waals surface area contributed by atoms with E-state index < -0.39 is 0 Å². The number of rotatable bonds is 2. The molecule has 1 saturated heterocycles. The van der Waals surface area contributed by atoms with Gasteiger partial charge in [0.2, 0.25) is 5.95 Å². The molecule has 0 radical (unpaired) electrons. The minimum atomic E-state index is -0.207. The zero-order valence-electron chi connectivity index (χ0n) is 9.51. The van der Waals surface area contributed by atoms with Gasteiger partial charge in [-0.05, 0) is 6.92 Å².